The number of aliphatic hydroxyl groups excluding tert-OH is 2. The summed E-state index contributed by atoms with van der Waals surface area (Å²) in [5, 5.41) is 31.6. The molecule has 1 aliphatic rings. The van der Waals surface area contributed by atoms with Crippen molar-refractivity contribution in [3.8, 4) is 6.07 Å². The van der Waals surface area contributed by atoms with E-state index < -0.39 is 6.10 Å². The molecule has 1 atom stereocenters. The van der Waals surface area contributed by atoms with Crippen LogP contribution in [0.4, 0.5) is 0 Å². The summed E-state index contributed by atoms with van der Waals surface area (Å²) in [6.07, 6.45) is 3.90. The first-order chi connectivity index (χ1) is 9.69. The van der Waals surface area contributed by atoms with E-state index in [4.69, 9.17) is 5.26 Å². The van der Waals surface area contributed by atoms with Crippen LogP contribution >= 0.6 is 0 Å². The summed E-state index contributed by atoms with van der Waals surface area (Å²) in [5.41, 5.74) is 1.41. The van der Waals surface area contributed by atoms with Crippen molar-refractivity contribution in [3.05, 3.63) is 35.4 Å². The number of aliphatic hydroxyl groups is 2. The lowest BCUT2D eigenvalue weighted by molar-refractivity contribution is 0.117. The number of hydrogen-bond donors (Lipinski definition) is 3. The molecule has 4 heteroatoms. The molecule has 0 heterocycles. The molecule has 108 valence electrons. The third-order valence-electron chi connectivity index (χ3n) is 4.26. The zero-order valence-electron chi connectivity index (χ0n) is 11.7. The molecule has 0 spiro atoms. The summed E-state index contributed by atoms with van der Waals surface area (Å²) in [6.45, 7) is 1.43. The van der Waals surface area contributed by atoms with Crippen LogP contribution in [-0.4, -0.2) is 29.9 Å². The normalized spacial score (nSPS) is 18.6. The molecule has 4 nitrogen and oxygen atoms in total. The highest BCUT2D eigenvalue weighted by Crippen LogP contribution is 2.36. The molecule has 0 aliphatic heterocycles. The molecule has 1 fully saturated rings. The fraction of sp³-hybridized carbons (Fsp3) is 0.562. The zero-order valence-corrected chi connectivity index (χ0v) is 11.7. The van der Waals surface area contributed by atoms with E-state index in [0.717, 1.165) is 24.9 Å². The average Bonchev–Trinajstić information content (AvgIpc) is 2.96. The van der Waals surface area contributed by atoms with E-state index in [0.29, 0.717) is 12.1 Å². The highest BCUT2D eigenvalue weighted by Gasteiger charge is 2.32. The van der Waals surface area contributed by atoms with E-state index >= 15 is 0 Å². The SMILES string of the molecule is N#Cc1ccc(C(O)CNCC2(CO)CCCC2)cc1. The van der Waals surface area contributed by atoms with Crippen LogP contribution in [0.3, 0.4) is 0 Å². The van der Waals surface area contributed by atoms with Crippen LogP contribution in [0, 0.1) is 16.7 Å². The van der Waals surface area contributed by atoms with E-state index in [9.17, 15) is 10.2 Å². The second kappa shape index (κ2) is 6.85. The number of rotatable bonds is 6. The van der Waals surface area contributed by atoms with Crippen LogP contribution < -0.4 is 5.32 Å². The molecule has 0 aromatic heterocycles. The number of nitriles is 1. The van der Waals surface area contributed by atoms with E-state index in [1.807, 2.05) is 0 Å². The minimum Gasteiger partial charge on any atom is -0.396 e. The zero-order chi connectivity index (χ0) is 14.4. The maximum Gasteiger partial charge on any atom is 0.0991 e. The first kappa shape index (κ1) is 15.0. The molecule has 20 heavy (non-hydrogen) atoms. The number of benzene rings is 1. The van der Waals surface area contributed by atoms with E-state index in [2.05, 4.69) is 11.4 Å². The van der Waals surface area contributed by atoms with Gasteiger partial charge in [-0.05, 0) is 30.5 Å². The predicted molar refractivity (Wildman–Crippen MR) is 77.0 cm³/mol. The van der Waals surface area contributed by atoms with E-state index in [1.165, 1.54) is 12.8 Å². The lowest BCUT2D eigenvalue weighted by atomic mass is 9.87. The van der Waals surface area contributed by atoms with Crippen molar-refractivity contribution in [1.82, 2.24) is 5.32 Å². The number of hydrogen-bond acceptors (Lipinski definition) is 4. The van der Waals surface area contributed by atoms with Crippen LogP contribution in [0.5, 0.6) is 0 Å². The van der Waals surface area contributed by atoms with Gasteiger partial charge in [0.2, 0.25) is 0 Å². The maximum atomic E-state index is 10.1. The Balaban J connectivity index is 1.82. The third-order valence-corrected chi connectivity index (χ3v) is 4.26. The van der Waals surface area contributed by atoms with Gasteiger partial charge in [0.25, 0.3) is 0 Å². The molecule has 0 radical (unpaired) electrons. The first-order valence-corrected chi connectivity index (χ1v) is 7.19. The lowest BCUT2D eigenvalue weighted by Crippen LogP contribution is -2.37. The van der Waals surface area contributed by atoms with Gasteiger partial charge < -0.3 is 15.5 Å². The summed E-state index contributed by atoms with van der Waals surface area (Å²) < 4.78 is 0. The van der Waals surface area contributed by atoms with Crippen molar-refractivity contribution in [2.45, 2.75) is 31.8 Å². The highest BCUT2D eigenvalue weighted by molar-refractivity contribution is 5.32. The molecular weight excluding hydrogens is 252 g/mol. The molecule has 0 amide bonds. The summed E-state index contributed by atoms with van der Waals surface area (Å²) in [7, 11) is 0. The Hall–Kier alpha value is -1.41. The van der Waals surface area contributed by atoms with Gasteiger partial charge in [-0.3, -0.25) is 0 Å². The fourth-order valence-electron chi connectivity index (χ4n) is 2.89. The molecule has 0 saturated heterocycles. The summed E-state index contributed by atoms with van der Waals surface area (Å²) in [5.74, 6) is 0. The molecule has 1 aromatic rings. The fourth-order valence-corrected chi connectivity index (χ4v) is 2.89. The molecular formula is C16H22N2O2. The Kier molecular flexibility index (Phi) is 5.13. The van der Waals surface area contributed by atoms with Crippen molar-refractivity contribution in [2.75, 3.05) is 19.7 Å². The molecule has 1 saturated carbocycles. The van der Waals surface area contributed by atoms with Crippen molar-refractivity contribution < 1.29 is 10.2 Å². The minimum absolute atomic E-state index is 0.00435. The Morgan fingerprint density at radius 3 is 2.45 bits per heavy atom. The molecule has 1 aliphatic carbocycles. The molecule has 2 rings (SSSR count). The predicted octanol–water partition coefficient (Wildman–Crippen LogP) is 1.73. The highest BCUT2D eigenvalue weighted by atomic mass is 16.3. The van der Waals surface area contributed by atoms with Gasteiger partial charge in [0.1, 0.15) is 0 Å². The largest absolute Gasteiger partial charge is 0.396 e. The number of nitrogens with zero attached hydrogens (tertiary/aromatic N) is 1. The van der Waals surface area contributed by atoms with Crippen molar-refractivity contribution in [3.63, 3.8) is 0 Å². The Morgan fingerprint density at radius 2 is 1.90 bits per heavy atom. The third kappa shape index (κ3) is 3.57. The Bertz CT molecular complexity index is 458. The minimum atomic E-state index is -0.583. The first-order valence-electron chi connectivity index (χ1n) is 7.19. The van der Waals surface area contributed by atoms with Gasteiger partial charge in [-0.2, -0.15) is 5.26 Å². The lowest BCUT2D eigenvalue weighted by Gasteiger charge is -2.27. The summed E-state index contributed by atoms with van der Waals surface area (Å²) in [4.78, 5) is 0. The quantitative estimate of drug-likeness (QED) is 0.738. The second-order valence-corrected chi connectivity index (χ2v) is 5.75. The van der Waals surface area contributed by atoms with Gasteiger partial charge in [-0.15, -0.1) is 0 Å². The van der Waals surface area contributed by atoms with Gasteiger partial charge in [0.15, 0.2) is 0 Å². The Labute approximate surface area is 120 Å². The Morgan fingerprint density at radius 1 is 1.25 bits per heavy atom. The van der Waals surface area contributed by atoms with Crippen LogP contribution in [-0.2, 0) is 0 Å². The average molecular weight is 274 g/mol. The summed E-state index contributed by atoms with van der Waals surface area (Å²) in [6, 6.07) is 9.05. The van der Waals surface area contributed by atoms with Crippen LogP contribution in [0.1, 0.15) is 42.9 Å². The molecule has 1 unspecified atom stereocenters. The molecule has 1 aromatic carbocycles. The standard InChI is InChI=1S/C16H22N2O2/c17-9-13-3-5-14(6-4-13)15(20)10-18-11-16(12-19)7-1-2-8-16/h3-6,15,18-20H,1-2,7-8,10-12H2. The van der Waals surface area contributed by atoms with Crippen molar-refractivity contribution >= 4 is 0 Å². The topological polar surface area (TPSA) is 76.3 Å². The number of nitrogens with one attached hydrogen (secondary N) is 1. The van der Waals surface area contributed by atoms with Crippen LogP contribution in [0.25, 0.3) is 0 Å². The monoisotopic (exact) mass is 274 g/mol. The molecule has 0 bridgehead atoms. The van der Waals surface area contributed by atoms with Crippen molar-refractivity contribution in [1.29, 1.82) is 5.26 Å². The second-order valence-electron chi connectivity index (χ2n) is 5.75. The van der Waals surface area contributed by atoms with E-state index in [1.54, 1.807) is 24.3 Å². The van der Waals surface area contributed by atoms with Gasteiger partial charge >= 0.3 is 0 Å². The smallest absolute Gasteiger partial charge is 0.0991 e. The van der Waals surface area contributed by atoms with Gasteiger partial charge in [0, 0.05) is 25.1 Å². The van der Waals surface area contributed by atoms with Gasteiger partial charge in [-0.25, -0.2) is 0 Å². The maximum absolute atomic E-state index is 10.1. The van der Waals surface area contributed by atoms with Crippen LogP contribution in [0.15, 0.2) is 24.3 Å². The van der Waals surface area contributed by atoms with E-state index in [-0.39, 0.29) is 12.0 Å². The van der Waals surface area contributed by atoms with Gasteiger partial charge in [0.05, 0.1) is 17.7 Å². The summed E-state index contributed by atoms with van der Waals surface area (Å²) >= 11 is 0. The molecule has 3 N–H and O–H groups in total. The van der Waals surface area contributed by atoms with Gasteiger partial charge in [-0.1, -0.05) is 25.0 Å². The van der Waals surface area contributed by atoms with Crippen molar-refractivity contribution in [2.24, 2.45) is 5.41 Å². The van der Waals surface area contributed by atoms with Crippen LogP contribution in [0.2, 0.25) is 0 Å².